The highest BCUT2D eigenvalue weighted by molar-refractivity contribution is 7.09. The van der Waals surface area contributed by atoms with Crippen molar-refractivity contribution in [1.29, 1.82) is 0 Å². The van der Waals surface area contributed by atoms with Crippen LogP contribution < -0.4 is 5.32 Å². The Labute approximate surface area is 118 Å². The van der Waals surface area contributed by atoms with Gasteiger partial charge in [0, 0.05) is 36.9 Å². The van der Waals surface area contributed by atoms with Crippen LogP contribution in [0.25, 0.3) is 0 Å². The predicted molar refractivity (Wildman–Crippen MR) is 75.4 cm³/mol. The minimum Gasteiger partial charge on any atom is -0.381 e. The second-order valence-corrected chi connectivity index (χ2v) is 6.48. The Hall–Kier alpha value is -0.490. The monoisotopic (exact) mass is 282 g/mol. The maximum Gasteiger partial charge on any atom is 0.0794 e. The van der Waals surface area contributed by atoms with E-state index in [9.17, 15) is 0 Å². The quantitative estimate of drug-likeness (QED) is 0.924. The maximum atomic E-state index is 6.13. The van der Waals surface area contributed by atoms with E-state index in [2.05, 4.69) is 17.3 Å². The van der Waals surface area contributed by atoms with Crippen molar-refractivity contribution in [1.82, 2.24) is 10.3 Å². The highest BCUT2D eigenvalue weighted by atomic mass is 32.1. The van der Waals surface area contributed by atoms with Gasteiger partial charge in [-0.3, -0.25) is 4.98 Å². The molecule has 1 aromatic heterocycles. The summed E-state index contributed by atoms with van der Waals surface area (Å²) < 4.78 is 11.6. The molecule has 5 heteroatoms. The maximum absolute atomic E-state index is 6.13. The van der Waals surface area contributed by atoms with Gasteiger partial charge in [-0.05, 0) is 38.6 Å². The van der Waals surface area contributed by atoms with Crippen molar-refractivity contribution in [3.63, 3.8) is 0 Å². The molecule has 2 aliphatic heterocycles. The van der Waals surface area contributed by atoms with E-state index in [0.717, 1.165) is 45.5 Å². The highest BCUT2D eigenvalue weighted by Gasteiger charge is 2.41. The Morgan fingerprint density at radius 1 is 1.42 bits per heavy atom. The van der Waals surface area contributed by atoms with Gasteiger partial charge in [-0.15, -0.1) is 11.3 Å². The molecular weight excluding hydrogens is 260 g/mol. The summed E-state index contributed by atoms with van der Waals surface area (Å²) >= 11 is 1.75. The molecule has 2 atom stereocenters. The third-order valence-electron chi connectivity index (χ3n) is 4.48. The van der Waals surface area contributed by atoms with Crippen LogP contribution in [0, 0.1) is 5.92 Å². The van der Waals surface area contributed by atoms with Gasteiger partial charge >= 0.3 is 0 Å². The fourth-order valence-electron chi connectivity index (χ4n) is 3.43. The van der Waals surface area contributed by atoms with Crippen molar-refractivity contribution in [2.75, 3.05) is 26.9 Å². The lowest BCUT2D eigenvalue weighted by molar-refractivity contribution is -0.150. The second-order valence-electron chi connectivity index (χ2n) is 5.57. The molecule has 2 saturated heterocycles. The van der Waals surface area contributed by atoms with Crippen molar-refractivity contribution in [2.45, 2.75) is 37.3 Å². The Bertz CT molecular complexity index is 385. The van der Waals surface area contributed by atoms with Crippen LogP contribution in [0.15, 0.2) is 11.7 Å². The lowest BCUT2D eigenvalue weighted by atomic mass is 9.77. The number of thiazole rings is 1. The zero-order chi connectivity index (χ0) is 13.1. The van der Waals surface area contributed by atoms with E-state index < -0.39 is 0 Å². The van der Waals surface area contributed by atoms with E-state index in [1.807, 2.05) is 11.7 Å². The van der Waals surface area contributed by atoms with Gasteiger partial charge in [-0.2, -0.15) is 0 Å². The summed E-state index contributed by atoms with van der Waals surface area (Å²) in [6.07, 6.45) is 6.36. The molecule has 0 aliphatic carbocycles. The van der Waals surface area contributed by atoms with Gasteiger partial charge in [0.25, 0.3) is 0 Å². The summed E-state index contributed by atoms with van der Waals surface area (Å²) in [6, 6.07) is 0.413. The van der Waals surface area contributed by atoms with Gasteiger partial charge in [-0.1, -0.05) is 0 Å². The van der Waals surface area contributed by atoms with Crippen molar-refractivity contribution >= 4 is 11.3 Å². The first kappa shape index (κ1) is 13.5. The average molecular weight is 282 g/mol. The lowest BCUT2D eigenvalue weighted by Gasteiger charge is -2.45. The fourth-order valence-corrected chi connectivity index (χ4v) is 4.25. The average Bonchev–Trinajstić information content (AvgIpc) is 2.95. The summed E-state index contributed by atoms with van der Waals surface area (Å²) in [4.78, 5) is 5.56. The number of nitrogens with zero attached hydrogens (tertiary/aromatic N) is 1. The van der Waals surface area contributed by atoms with Crippen LogP contribution in [0.2, 0.25) is 0 Å². The second kappa shape index (κ2) is 5.87. The Morgan fingerprint density at radius 3 is 2.95 bits per heavy atom. The third kappa shape index (κ3) is 2.84. The van der Waals surface area contributed by atoms with Crippen LogP contribution in [0.4, 0.5) is 0 Å². The molecule has 2 aliphatic rings. The smallest absolute Gasteiger partial charge is 0.0794 e. The molecule has 0 radical (unpaired) electrons. The third-order valence-corrected chi connectivity index (χ3v) is 5.33. The topological polar surface area (TPSA) is 43.4 Å². The van der Waals surface area contributed by atoms with Gasteiger partial charge in [0.1, 0.15) is 0 Å². The number of nitrogens with one attached hydrogen (secondary N) is 1. The van der Waals surface area contributed by atoms with E-state index in [1.165, 1.54) is 4.88 Å². The summed E-state index contributed by atoms with van der Waals surface area (Å²) in [5, 5.41) is 3.48. The molecule has 1 N–H and O–H groups in total. The van der Waals surface area contributed by atoms with E-state index in [0.29, 0.717) is 12.0 Å². The van der Waals surface area contributed by atoms with E-state index in [4.69, 9.17) is 9.47 Å². The van der Waals surface area contributed by atoms with Gasteiger partial charge in [-0.25, -0.2) is 0 Å². The molecule has 106 valence electrons. The highest BCUT2D eigenvalue weighted by Crippen LogP contribution is 2.42. The van der Waals surface area contributed by atoms with Crippen LogP contribution in [0.3, 0.4) is 0 Å². The number of ether oxygens (including phenoxy) is 2. The molecule has 3 rings (SSSR count). The molecule has 2 fully saturated rings. The molecule has 0 amide bonds. The zero-order valence-corrected chi connectivity index (χ0v) is 12.2. The van der Waals surface area contributed by atoms with Gasteiger partial charge < -0.3 is 14.8 Å². The van der Waals surface area contributed by atoms with Crippen LogP contribution in [0.1, 0.15) is 36.6 Å². The Morgan fingerprint density at radius 2 is 2.26 bits per heavy atom. The van der Waals surface area contributed by atoms with Gasteiger partial charge in [0.2, 0.25) is 0 Å². The molecule has 3 heterocycles. The molecule has 1 aromatic rings. The van der Waals surface area contributed by atoms with Crippen molar-refractivity contribution in [3.8, 4) is 0 Å². The Balaban J connectivity index is 1.73. The first-order valence-corrected chi connectivity index (χ1v) is 7.98. The first-order chi connectivity index (χ1) is 9.33. The van der Waals surface area contributed by atoms with Crippen LogP contribution in [-0.4, -0.2) is 37.5 Å². The van der Waals surface area contributed by atoms with Crippen LogP contribution in [0.5, 0.6) is 0 Å². The molecule has 1 spiro atoms. The van der Waals surface area contributed by atoms with E-state index in [1.54, 1.807) is 11.3 Å². The normalized spacial score (nSPS) is 28.4. The molecule has 0 bridgehead atoms. The van der Waals surface area contributed by atoms with Gasteiger partial charge in [0.15, 0.2) is 0 Å². The zero-order valence-electron chi connectivity index (χ0n) is 11.4. The fraction of sp³-hybridized carbons (Fsp3) is 0.786. The van der Waals surface area contributed by atoms with E-state index in [-0.39, 0.29) is 5.60 Å². The molecule has 4 nitrogen and oxygen atoms in total. The number of rotatable bonds is 3. The van der Waals surface area contributed by atoms with Gasteiger partial charge in [0.05, 0.1) is 11.1 Å². The first-order valence-electron chi connectivity index (χ1n) is 7.10. The molecular formula is C14H22N2O2S. The van der Waals surface area contributed by atoms with Crippen LogP contribution in [-0.2, 0) is 9.47 Å². The van der Waals surface area contributed by atoms with E-state index >= 15 is 0 Å². The largest absolute Gasteiger partial charge is 0.381 e. The summed E-state index contributed by atoms with van der Waals surface area (Å²) in [6.45, 7) is 2.57. The van der Waals surface area contributed by atoms with Crippen molar-refractivity contribution < 1.29 is 9.47 Å². The standard InChI is InChI=1S/C14H22N2O2S/c1-15-13(12-9-16-10-19-12)11-2-5-18-14(8-11)3-6-17-7-4-14/h9-11,13,15H,2-8H2,1H3. The predicted octanol–water partition coefficient (Wildman–Crippen LogP) is 2.38. The lowest BCUT2D eigenvalue weighted by Crippen LogP contribution is -2.46. The Kier molecular flexibility index (Phi) is 4.17. The SMILES string of the molecule is CNC(c1cncs1)C1CCOC2(CCOCC2)C1. The van der Waals surface area contributed by atoms with Crippen LogP contribution >= 0.6 is 11.3 Å². The molecule has 19 heavy (non-hydrogen) atoms. The molecule has 0 aromatic carbocycles. The summed E-state index contributed by atoms with van der Waals surface area (Å²) in [5.74, 6) is 0.636. The molecule has 2 unspecified atom stereocenters. The number of hydrogen-bond acceptors (Lipinski definition) is 5. The molecule has 0 saturated carbocycles. The van der Waals surface area contributed by atoms with Crippen molar-refractivity contribution in [2.24, 2.45) is 5.92 Å². The minimum absolute atomic E-state index is 0.0704. The minimum atomic E-state index is 0.0704. The number of aromatic nitrogens is 1. The van der Waals surface area contributed by atoms with Crippen molar-refractivity contribution in [3.05, 3.63) is 16.6 Å². The summed E-state index contributed by atoms with van der Waals surface area (Å²) in [7, 11) is 2.05. The number of hydrogen-bond donors (Lipinski definition) is 1. The summed E-state index contributed by atoms with van der Waals surface area (Å²) in [5.41, 5.74) is 1.99.